The summed E-state index contributed by atoms with van der Waals surface area (Å²) in [4.78, 5) is 12.9. The fraction of sp³-hybridized carbons (Fsp3) is 0.292. The van der Waals surface area contributed by atoms with E-state index in [1.54, 1.807) is 26.0 Å². The molecule has 0 unspecified atom stereocenters. The van der Waals surface area contributed by atoms with Crippen LogP contribution in [0.25, 0.3) is 0 Å². The summed E-state index contributed by atoms with van der Waals surface area (Å²) in [6, 6.07) is 16.8. The van der Waals surface area contributed by atoms with E-state index < -0.39 is 10.0 Å². The topological polar surface area (TPSA) is 79.6 Å². The van der Waals surface area contributed by atoms with Crippen LogP contribution in [0.2, 0.25) is 0 Å². The van der Waals surface area contributed by atoms with Crippen molar-refractivity contribution in [3.63, 3.8) is 0 Å². The van der Waals surface area contributed by atoms with Crippen molar-refractivity contribution in [2.24, 2.45) is 0 Å². The van der Waals surface area contributed by atoms with Crippen LogP contribution in [0.15, 0.2) is 70.2 Å². The molecular formula is C24H28N2O4S. The van der Waals surface area contributed by atoms with Crippen LogP contribution < -0.4 is 5.32 Å². The summed E-state index contributed by atoms with van der Waals surface area (Å²) in [5, 5.41) is 2.74. The van der Waals surface area contributed by atoms with Crippen LogP contribution in [0.5, 0.6) is 0 Å². The van der Waals surface area contributed by atoms with Gasteiger partial charge >= 0.3 is 0 Å². The average molecular weight is 441 g/mol. The predicted molar refractivity (Wildman–Crippen MR) is 120 cm³/mol. The molecule has 1 heterocycles. The Kier molecular flexibility index (Phi) is 7.30. The second-order valence-electron chi connectivity index (χ2n) is 7.66. The summed E-state index contributed by atoms with van der Waals surface area (Å²) in [5.74, 6) is 0.229. The highest BCUT2D eigenvalue weighted by atomic mass is 32.2. The summed E-state index contributed by atoms with van der Waals surface area (Å²) < 4.78 is 33.7. The highest BCUT2D eigenvalue weighted by molar-refractivity contribution is 7.89. The van der Waals surface area contributed by atoms with Crippen LogP contribution in [0.1, 0.15) is 28.0 Å². The Morgan fingerprint density at radius 2 is 1.68 bits per heavy atom. The fourth-order valence-electron chi connectivity index (χ4n) is 3.70. The third-order valence-electron chi connectivity index (χ3n) is 5.06. The van der Waals surface area contributed by atoms with Gasteiger partial charge in [0.25, 0.3) is 0 Å². The molecule has 1 amide bonds. The first kappa shape index (κ1) is 22.8. The van der Waals surface area contributed by atoms with Gasteiger partial charge in [0.05, 0.1) is 24.2 Å². The maximum absolute atomic E-state index is 13.6. The first-order valence-corrected chi connectivity index (χ1v) is 11.6. The predicted octanol–water partition coefficient (Wildman–Crippen LogP) is 3.75. The van der Waals surface area contributed by atoms with Gasteiger partial charge in [-0.25, -0.2) is 8.42 Å². The van der Waals surface area contributed by atoms with E-state index in [2.05, 4.69) is 5.32 Å². The number of carbonyl (C=O) groups is 1. The Hall–Kier alpha value is -2.90. The molecule has 6 nitrogen and oxygen atoms in total. The minimum Gasteiger partial charge on any atom is -0.467 e. The smallest absolute Gasteiger partial charge is 0.244 e. The van der Waals surface area contributed by atoms with E-state index in [4.69, 9.17) is 4.42 Å². The minimum atomic E-state index is -3.87. The number of nitrogens with zero attached hydrogens (tertiary/aromatic N) is 1. The number of carbonyl (C=O) groups excluding carboxylic acids is 1. The molecule has 1 aromatic heterocycles. The van der Waals surface area contributed by atoms with E-state index in [0.29, 0.717) is 23.3 Å². The SMILES string of the molecule is Cc1cc(C)c(S(=O)(=O)N(CCc2ccccc2)CC(=O)NCc2ccco2)c(C)c1. The number of hydrogen-bond acceptors (Lipinski definition) is 4. The van der Waals surface area contributed by atoms with E-state index >= 15 is 0 Å². The standard InChI is InChI=1S/C24H28N2O4S/c1-18-14-19(2)24(20(3)15-18)31(28,29)26(12-11-21-8-5-4-6-9-21)17-23(27)25-16-22-10-7-13-30-22/h4-10,13-15H,11-12,16-17H2,1-3H3,(H,25,27). The zero-order chi connectivity index (χ0) is 22.4. The molecule has 0 spiro atoms. The molecular weight excluding hydrogens is 412 g/mol. The number of nitrogens with one attached hydrogen (secondary N) is 1. The van der Waals surface area contributed by atoms with Gasteiger partial charge in [-0.1, -0.05) is 48.0 Å². The van der Waals surface area contributed by atoms with Gasteiger partial charge < -0.3 is 9.73 Å². The lowest BCUT2D eigenvalue weighted by molar-refractivity contribution is -0.121. The van der Waals surface area contributed by atoms with E-state index in [-0.39, 0.29) is 30.4 Å². The maximum Gasteiger partial charge on any atom is 0.244 e. The maximum atomic E-state index is 13.6. The Labute approximate surface area is 183 Å². The molecule has 0 aliphatic carbocycles. The minimum absolute atomic E-state index is 0.202. The molecule has 3 aromatic rings. The fourth-order valence-corrected chi connectivity index (χ4v) is 5.51. The molecule has 0 saturated carbocycles. The first-order chi connectivity index (χ1) is 14.8. The lowest BCUT2D eigenvalue weighted by Crippen LogP contribution is -2.42. The highest BCUT2D eigenvalue weighted by Gasteiger charge is 2.29. The quantitative estimate of drug-likeness (QED) is 0.550. The Morgan fingerprint density at radius 3 is 2.29 bits per heavy atom. The molecule has 0 atom stereocenters. The number of sulfonamides is 1. The zero-order valence-corrected chi connectivity index (χ0v) is 18.9. The molecule has 31 heavy (non-hydrogen) atoms. The summed E-state index contributed by atoms with van der Waals surface area (Å²) in [6.45, 7) is 5.67. The van der Waals surface area contributed by atoms with Crippen molar-refractivity contribution < 1.29 is 17.6 Å². The van der Waals surface area contributed by atoms with Crippen LogP contribution in [-0.2, 0) is 27.8 Å². The van der Waals surface area contributed by atoms with Crippen LogP contribution in [0, 0.1) is 20.8 Å². The number of hydrogen-bond donors (Lipinski definition) is 1. The van der Waals surface area contributed by atoms with Crippen molar-refractivity contribution in [2.75, 3.05) is 13.1 Å². The number of benzene rings is 2. The van der Waals surface area contributed by atoms with Gasteiger partial charge in [-0.2, -0.15) is 4.31 Å². The molecule has 0 aliphatic rings. The van der Waals surface area contributed by atoms with Crippen LogP contribution in [0.3, 0.4) is 0 Å². The summed E-state index contributed by atoms with van der Waals surface area (Å²) in [7, 11) is -3.87. The molecule has 164 valence electrons. The first-order valence-electron chi connectivity index (χ1n) is 10.2. The molecule has 0 saturated heterocycles. The molecule has 1 N–H and O–H groups in total. The average Bonchev–Trinajstić information content (AvgIpc) is 3.23. The van der Waals surface area contributed by atoms with Crippen molar-refractivity contribution in [1.29, 1.82) is 0 Å². The molecule has 3 rings (SSSR count). The van der Waals surface area contributed by atoms with Crippen LogP contribution in [0.4, 0.5) is 0 Å². The van der Waals surface area contributed by atoms with E-state index in [0.717, 1.165) is 11.1 Å². The molecule has 0 fully saturated rings. The van der Waals surface area contributed by atoms with Gasteiger partial charge in [-0.3, -0.25) is 4.79 Å². The molecule has 0 aliphatic heterocycles. The Balaban J connectivity index is 1.84. The van der Waals surface area contributed by atoms with E-state index in [9.17, 15) is 13.2 Å². The van der Waals surface area contributed by atoms with Gasteiger partial charge in [0.15, 0.2) is 0 Å². The zero-order valence-electron chi connectivity index (χ0n) is 18.1. The van der Waals surface area contributed by atoms with Gasteiger partial charge in [0, 0.05) is 6.54 Å². The molecule has 0 bridgehead atoms. The Morgan fingerprint density at radius 1 is 1.00 bits per heavy atom. The van der Waals surface area contributed by atoms with Crippen molar-refractivity contribution in [3.8, 4) is 0 Å². The molecule has 7 heteroatoms. The summed E-state index contributed by atoms with van der Waals surface area (Å²) >= 11 is 0. The normalized spacial score (nSPS) is 11.6. The van der Waals surface area contributed by atoms with E-state index in [1.807, 2.05) is 49.4 Å². The number of rotatable bonds is 9. The van der Waals surface area contributed by atoms with Gasteiger partial charge in [-0.15, -0.1) is 0 Å². The lowest BCUT2D eigenvalue weighted by atomic mass is 10.1. The van der Waals surface area contributed by atoms with Crippen LogP contribution >= 0.6 is 0 Å². The van der Waals surface area contributed by atoms with Crippen molar-refractivity contribution >= 4 is 15.9 Å². The van der Waals surface area contributed by atoms with Gasteiger partial charge in [0.2, 0.25) is 15.9 Å². The summed E-state index contributed by atoms with van der Waals surface area (Å²) in [5.41, 5.74) is 3.37. The van der Waals surface area contributed by atoms with Gasteiger partial charge in [-0.05, 0) is 56.0 Å². The van der Waals surface area contributed by atoms with Crippen molar-refractivity contribution in [2.45, 2.75) is 38.6 Å². The Bertz CT molecular complexity index is 1100. The summed E-state index contributed by atoms with van der Waals surface area (Å²) in [6.07, 6.45) is 2.04. The number of amides is 1. The van der Waals surface area contributed by atoms with Crippen molar-refractivity contribution in [1.82, 2.24) is 9.62 Å². The second kappa shape index (κ2) is 9.94. The van der Waals surface area contributed by atoms with Crippen LogP contribution in [-0.4, -0.2) is 31.7 Å². The molecule has 2 aromatic carbocycles. The number of furan rings is 1. The third kappa shape index (κ3) is 5.83. The second-order valence-corrected chi connectivity index (χ2v) is 9.53. The molecule has 0 radical (unpaired) electrons. The van der Waals surface area contributed by atoms with E-state index in [1.165, 1.54) is 10.6 Å². The highest BCUT2D eigenvalue weighted by Crippen LogP contribution is 2.25. The van der Waals surface area contributed by atoms with Crippen molar-refractivity contribution in [3.05, 3.63) is 88.9 Å². The third-order valence-corrected chi connectivity index (χ3v) is 7.21. The lowest BCUT2D eigenvalue weighted by Gasteiger charge is -2.24. The largest absolute Gasteiger partial charge is 0.467 e. The number of aryl methyl sites for hydroxylation is 3. The van der Waals surface area contributed by atoms with Gasteiger partial charge in [0.1, 0.15) is 5.76 Å². The monoisotopic (exact) mass is 440 g/mol.